The number of hydrogen-bond acceptors (Lipinski definition) is 5. The van der Waals surface area contributed by atoms with Gasteiger partial charge in [0.25, 0.3) is 5.56 Å². The molecule has 0 bridgehead atoms. The molecule has 0 saturated heterocycles. The van der Waals surface area contributed by atoms with Gasteiger partial charge in [0.1, 0.15) is 4.83 Å². The fourth-order valence-corrected chi connectivity index (χ4v) is 3.65. The molecule has 0 atom stereocenters. The molecule has 2 heterocycles. The van der Waals surface area contributed by atoms with Crippen molar-refractivity contribution in [2.24, 2.45) is 7.05 Å². The number of hydrogen-bond donors (Lipinski definition) is 1. The fraction of sp³-hybridized carbons (Fsp3) is 0.188. The first-order chi connectivity index (χ1) is 11.0. The van der Waals surface area contributed by atoms with Gasteiger partial charge < -0.3 is 5.32 Å². The summed E-state index contributed by atoms with van der Waals surface area (Å²) < 4.78 is 1.48. The van der Waals surface area contributed by atoms with Crippen LogP contribution in [0.3, 0.4) is 0 Å². The highest BCUT2D eigenvalue weighted by Crippen LogP contribution is 2.20. The number of carbonyl (C=O) groups excluding carboxylic acids is 1. The molecule has 0 saturated carbocycles. The van der Waals surface area contributed by atoms with Crippen molar-refractivity contribution in [2.45, 2.75) is 12.1 Å². The van der Waals surface area contributed by atoms with Gasteiger partial charge in [-0.2, -0.15) is 0 Å². The zero-order valence-corrected chi connectivity index (χ0v) is 14.3. The quantitative estimate of drug-likeness (QED) is 0.583. The summed E-state index contributed by atoms with van der Waals surface area (Å²) in [6, 6.07) is 9.39. The number of nitrogens with one attached hydrogen (secondary N) is 1. The molecule has 5 nitrogen and oxygen atoms in total. The largest absolute Gasteiger partial charge is 0.325 e. The highest BCUT2D eigenvalue weighted by molar-refractivity contribution is 7.99. The minimum atomic E-state index is -0.126. The summed E-state index contributed by atoms with van der Waals surface area (Å²) in [5.74, 6) is 0.0739. The van der Waals surface area contributed by atoms with E-state index in [1.165, 1.54) is 27.7 Å². The summed E-state index contributed by atoms with van der Waals surface area (Å²) in [6.07, 6.45) is 0. The van der Waals surface area contributed by atoms with Crippen molar-refractivity contribution in [1.29, 1.82) is 0 Å². The Bertz CT molecular complexity index is 913. The van der Waals surface area contributed by atoms with Gasteiger partial charge in [0.05, 0.1) is 11.1 Å². The topological polar surface area (TPSA) is 64.0 Å². The van der Waals surface area contributed by atoms with E-state index in [1.807, 2.05) is 36.6 Å². The predicted molar refractivity (Wildman–Crippen MR) is 95.4 cm³/mol. The van der Waals surface area contributed by atoms with E-state index in [2.05, 4.69) is 10.3 Å². The number of aryl methyl sites for hydroxylation is 1. The molecule has 7 heteroatoms. The van der Waals surface area contributed by atoms with Crippen molar-refractivity contribution in [3.05, 3.63) is 51.6 Å². The Morgan fingerprint density at radius 3 is 2.78 bits per heavy atom. The van der Waals surface area contributed by atoms with Crippen LogP contribution in [0, 0.1) is 6.92 Å². The molecule has 0 aliphatic heterocycles. The number of rotatable bonds is 4. The number of thiophene rings is 1. The monoisotopic (exact) mass is 345 g/mol. The minimum Gasteiger partial charge on any atom is -0.325 e. The van der Waals surface area contributed by atoms with Crippen LogP contribution in [0.1, 0.15) is 5.56 Å². The molecule has 2 aromatic heterocycles. The Balaban J connectivity index is 1.70. The highest BCUT2D eigenvalue weighted by Gasteiger charge is 2.11. The van der Waals surface area contributed by atoms with E-state index in [-0.39, 0.29) is 17.2 Å². The third-order valence-corrected chi connectivity index (χ3v) is 5.17. The van der Waals surface area contributed by atoms with Crippen molar-refractivity contribution in [3.8, 4) is 0 Å². The molecule has 1 N–H and O–H groups in total. The van der Waals surface area contributed by atoms with Gasteiger partial charge in [-0.05, 0) is 30.5 Å². The van der Waals surface area contributed by atoms with Gasteiger partial charge >= 0.3 is 0 Å². The maximum absolute atomic E-state index is 12.2. The van der Waals surface area contributed by atoms with Crippen LogP contribution in [0.2, 0.25) is 0 Å². The van der Waals surface area contributed by atoms with Gasteiger partial charge in [-0.1, -0.05) is 29.5 Å². The smallest absolute Gasteiger partial charge is 0.262 e. The van der Waals surface area contributed by atoms with E-state index in [0.717, 1.165) is 11.3 Å². The van der Waals surface area contributed by atoms with E-state index in [1.54, 1.807) is 13.1 Å². The third-order valence-electron chi connectivity index (χ3n) is 3.33. The number of nitrogens with zero attached hydrogens (tertiary/aromatic N) is 2. The van der Waals surface area contributed by atoms with Crippen LogP contribution in [-0.2, 0) is 11.8 Å². The highest BCUT2D eigenvalue weighted by atomic mass is 32.2. The second kappa shape index (κ2) is 6.55. The van der Waals surface area contributed by atoms with Crippen LogP contribution in [0.15, 0.2) is 45.7 Å². The van der Waals surface area contributed by atoms with Gasteiger partial charge in [-0.3, -0.25) is 14.2 Å². The standard InChI is InChI=1S/C16H15N3O2S2/c1-10-3-5-11(6-4-10)17-13(20)9-23-16-18-14-12(7-8-22-14)15(21)19(16)2/h3-8H,9H2,1-2H3,(H,17,20). The molecule has 0 fully saturated rings. The zero-order valence-electron chi connectivity index (χ0n) is 12.7. The summed E-state index contributed by atoms with van der Waals surface area (Å²) in [5, 5.41) is 5.84. The Hall–Kier alpha value is -2.12. The van der Waals surface area contributed by atoms with Crippen LogP contribution in [0.25, 0.3) is 10.2 Å². The van der Waals surface area contributed by atoms with Crippen molar-refractivity contribution in [1.82, 2.24) is 9.55 Å². The molecule has 3 aromatic rings. The van der Waals surface area contributed by atoms with E-state index < -0.39 is 0 Å². The lowest BCUT2D eigenvalue weighted by Gasteiger charge is -2.08. The Kier molecular flexibility index (Phi) is 4.49. The normalized spacial score (nSPS) is 10.9. The number of benzene rings is 1. The Morgan fingerprint density at radius 2 is 2.04 bits per heavy atom. The fourth-order valence-electron chi connectivity index (χ4n) is 2.07. The third kappa shape index (κ3) is 3.46. The molecular formula is C16H15N3O2S2. The number of carbonyl (C=O) groups is 1. The molecule has 0 aliphatic rings. The van der Waals surface area contributed by atoms with Crippen molar-refractivity contribution < 1.29 is 4.79 Å². The van der Waals surface area contributed by atoms with E-state index >= 15 is 0 Å². The number of amides is 1. The molecular weight excluding hydrogens is 330 g/mol. The second-order valence-electron chi connectivity index (χ2n) is 5.10. The summed E-state index contributed by atoms with van der Waals surface area (Å²) in [6.45, 7) is 1.99. The first-order valence-corrected chi connectivity index (χ1v) is 8.84. The zero-order chi connectivity index (χ0) is 16.4. The Morgan fingerprint density at radius 1 is 1.30 bits per heavy atom. The molecule has 23 heavy (non-hydrogen) atoms. The first-order valence-electron chi connectivity index (χ1n) is 6.98. The number of fused-ring (bicyclic) bond motifs is 1. The second-order valence-corrected chi connectivity index (χ2v) is 6.94. The molecule has 1 aromatic carbocycles. The summed E-state index contributed by atoms with van der Waals surface area (Å²) in [5.41, 5.74) is 1.82. The van der Waals surface area contributed by atoms with E-state index in [9.17, 15) is 9.59 Å². The average Bonchev–Trinajstić information content (AvgIpc) is 3.00. The molecule has 0 aliphatic carbocycles. The summed E-state index contributed by atoms with van der Waals surface area (Å²) in [4.78, 5) is 29.4. The van der Waals surface area contributed by atoms with Crippen LogP contribution < -0.4 is 10.9 Å². The first kappa shape index (κ1) is 15.8. The number of thioether (sulfide) groups is 1. The van der Waals surface area contributed by atoms with Crippen molar-refractivity contribution >= 4 is 44.9 Å². The maximum Gasteiger partial charge on any atom is 0.262 e. The van der Waals surface area contributed by atoms with Crippen LogP contribution >= 0.6 is 23.1 Å². The minimum absolute atomic E-state index is 0.0855. The van der Waals surface area contributed by atoms with Crippen LogP contribution in [-0.4, -0.2) is 21.2 Å². The van der Waals surface area contributed by atoms with E-state index in [0.29, 0.717) is 15.4 Å². The number of anilines is 1. The summed E-state index contributed by atoms with van der Waals surface area (Å²) >= 11 is 2.68. The van der Waals surface area contributed by atoms with Gasteiger partial charge in [0.15, 0.2) is 5.16 Å². The molecule has 0 spiro atoms. The van der Waals surface area contributed by atoms with Crippen molar-refractivity contribution in [3.63, 3.8) is 0 Å². The molecule has 0 unspecified atom stereocenters. The lowest BCUT2D eigenvalue weighted by molar-refractivity contribution is -0.113. The van der Waals surface area contributed by atoms with Crippen LogP contribution in [0.5, 0.6) is 0 Å². The lowest BCUT2D eigenvalue weighted by Crippen LogP contribution is -2.20. The van der Waals surface area contributed by atoms with Gasteiger partial charge in [0, 0.05) is 12.7 Å². The predicted octanol–water partition coefficient (Wildman–Crippen LogP) is 3.03. The van der Waals surface area contributed by atoms with Crippen molar-refractivity contribution in [2.75, 3.05) is 11.1 Å². The SMILES string of the molecule is Cc1ccc(NC(=O)CSc2nc3sccc3c(=O)n2C)cc1. The van der Waals surface area contributed by atoms with E-state index in [4.69, 9.17) is 0 Å². The Labute approximate surface area is 141 Å². The molecule has 1 amide bonds. The van der Waals surface area contributed by atoms with Crippen LogP contribution in [0.4, 0.5) is 5.69 Å². The lowest BCUT2D eigenvalue weighted by atomic mass is 10.2. The molecule has 0 radical (unpaired) electrons. The number of aromatic nitrogens is 2. The molecule has 118 valence electrons. The van der Waals surface area contributed by atoms with Gasteiger partial charge in [-0.15, -0.1) is 11.3 Å². The molecule has 3 rings (SSSR count). The maximum atomic E-state index is 12.2. The average molecular weight is 345 g/mol. The van der Waals surface area contributed by atoms with Gasteiger partial charge in [0.2, 0.25) is 5.91 Å². The summed E-state index contributed by atoms with van der Waals surface area (Å²) in [7, 11) is 1.67. The van der Waals surface area contributed by atoms with Gasteiger partial charge in [-0.25, -0.2) is 4.98 Å².